The SMILES string of the molecule is O=C=NCCCCCCNC(=S)S. The first-order chi connectivity index (χ1) is 6.27. The van der Waals surface area contributed by atoms with Crippen molar-refractivity contribution in [1.82, 2.24) is 5.32 Å². The molecule has 0 radical (unpaired) electrons. The summed E-state index contributed by atoms with van der Waals surface area (Å²) in [7, 11) is 0. The van der Waals surface area contributed by atoms with Crippen molar-refractivity contribution in [1.29, 1.82) is 0 Å². The molecule has 0 spiro atoms. The zero-order chi connectivity index (χ0) is 9.94. The Hall–Kier alpha value is -0.380. The summed E-state index contributed by atoms with van der Waals surface area (Å²) in [6.07, 6.45) is 5.77. The molecule has 74 valence electrons. The Kier molecular flexibility index (Phi) is 9.42. The topological polar surface area (TPSA) is 41.5 Å². The molecule has 3 nitrogen and oxygen atoms in total. The molecule has 0 aliphatic carbocycles. The van der Waals surface area contributed by atoms with Crippen molar-refractivity contribution in [3.8, 4) is 0 Å². The van der Waals surface area contributed by atoms with E-state index in [9.17, 15) is 4.79 Å². The number of nitrogens with one attached hydrogen (secondary N) is 1. The number of hydrogen-bond donors (Lipinski definition) is 2. The first-order valence-corrected chi connectivity index (χ1v) is 5.13. The molecule has 0 saturated carbocycles. The molecule has 0 aromatic heterocycles. The third kappa shape index (κ3) is 11.6. The van der Waals surface area contributed by atoms with E-state index in [4.69, 9.17) is 12.2 Å². The number of thiol groups is 1. The van der Waals surface area contributed by atoms with E-state index in [1.807, 2.05) is 0 Å². The van der Waals surface area contributed by atoms with Gasteiger partial charge >= 0.3 is 0 Å². The standard InChI is InChI=1S/C8H14N2OS2/c11-7-9-5-3-1-2-4-6-10-8(12)13/h1-6H2,(H2,10,12,13). The number of unbranched alkanes of at least 4 members (excludes halogenated alkanes) is 3. The summed E-state index contributed by atoms with van der Waals surface area (Å²) in [6, 6.07) is 0. The molecule has 0 amide bonds. The summed E-state index contributed by atoms with van der Waals surface area (Å²) in [4.78, 5) is 13.2. The highest BCUT2D eigenvalue weighted by molar-refractivity contribution is 8.11. The van der Waals surface area contributed by atoms with Gasteiger partial charge in [-0.1, -0.05) is 25.1 Å². The largest absolute Gasteiger partial charge is 0.371 e. The second kappa shape index (κ2) is 9.71. The maximum Gasteiger partial charge on any atom is 0.234 e. The molecule has 0 heterocycles. The molecule has 0 saturated heterocycles. The van der Waals surface area contributed by atoms with Crippen LogP contribution in [0.1, 0.15) is 25.7 Å². The minimum Gasteiger partial charge on any atom is -0.371 e. The number of isocyanates is 1. The number of thiocarbonyl (C=S) groups is 1. The molecular formula is C8H14N2OS2. The summed E-state index contributed by atoms with van der Waals surface area (Å²) in [5.74, 6) is 0. The fourth-order valence-electron chi connectivity index (χ4n) is 0.910. The van der Waals surface area contributed by atoms with Crippen LogP contribution in [0.15, 0.2) is 4.99 Å². The summed E-state index contributed by atoms with van der Waals surface area (Å²) >= 11 is 8.66. The van der Waals surface area contributed by atoms with Gasteiger partial charge in [0.15, 0.2) is 0 Å². The van der Waals surface area contributed by atoms with E-state index in [1.165, 1.54) is 6.08 Å². The molecule has 0 unspecified atom stereocenters. The van der Waals surface area contributed by atoms with Crippen LogP contribution in [0.25, 0.3) is 0 Å². The molecule has 13 heavy (non-hydrogen) atoms. The summed E-state index contributed by atoms with van der Waals surface area (Å²) in [5.41, 5.74) is 0. The van der Waals surface area contributed by atoms with Gasteiger partial charge in [-0.25, -0.2) is 9.79 Å². The van der Waals surface area contributed by atoms with Gasteiger partial charge in [0.25, 0.3) is 0 Å². The lowest BCUT2D eigenvalue weighted by Gasteiger charge is -2.01. The average molecular weight is 218 g/mol. The fourth-order valence-corrected chi connectivity index (χ4v) is 1.12. The van der Waals surface area contributed by atoms with Crippen molar-refractivity contribution in [2.45, 2.75) is 25.7 Å². The highest BCUT2D eigenvalue weighted by atomic mass is 32.1. The highest BCUT2D eigenvalue weighted by Gasteiger charge is 1.90. The maximum absolute atomic E-state index is 9.69. The van der Waals surface area contributed by atoms with E-state index < -0.39 is 0 Å². The van der Waals surface area contributed by atoms with E-state index in [2.05, 4.69) is 22.9 Å². The van der Waals surface area contributed by atoms with Crippen LogP contribution in [0.3, 0.4) is 0 Å². The third-order valence-corrected chi connectivity index (χ3v) is 1.84. The molecule has 0 aliphatic heterocycles. The van der Waals surface area contributed by atoms with Gasteiger partial charge in [-0.05, 0) is 12.8 Å². The van der Waals surface area contributed by atoms with Gasteiger partial charge in [-0.2, -0.15) is 0 Å². The van der Waals surface area contributed by atoms with Crippen LogP contribution in [0.5, 0.6) is 0 Å². The molecule has 5 heteroatoms. The summed E-state index contributed by atoms with van der Waals surface area (Å²) in [6.45, 7) is 1.47. The Morgan fingerprint density at radius 1 is 1.38 bits per heavy atom. The number of carbonyl (C=O) groups excluding carboxylic acids is 1. The van der Waals surface area contributed by atoms with Crippen LogP contribution >= 0.6 is 24.8 Å². The van der Waals surface area contributed by atoms with Gasteiger partial charge in [-0.3, -0.25) is 0 Å². The Morgan fingerprint density at radius 3 is 2.69 bits per heavy atom. The van der Waals surface area contributed by atoms with Gasteiger partial charge in [0, 0.05) is 6.54 Å². The van der Waals surface area contributed by atoms with Crippen molar-refractivity contribution in [3.63, 3.8) is 0 Å². The number of aliphatic imine (C=N–C) groups is 1. The lowest BCUT2D eigenvalue weighted by molar-refractivity contribution is 0.561. The lowest BCUT2D eigenvalue weighted by atomic mass is 10.2. The second-order valence-corrected chi connectivity index (χ2v) is 3.78. The Bertz CT molecular complexity index is 185. The predicted octanol–water partition coefficient (Wildman–Crippen LogP) is 1.69. The number of nitrogens with zero attached hydrogens (tertiary/aromatic N) is 1. The van der Waals surface area contributed by atoms with Crippen molar-refractivity contribution in [3.05, 3.63) is 0 Å². The van der Waals surface area contributed by atoms with Gasteiger partial charge in [0.1, 0.15) is 4.32 Å². The van der Waals surface area contributed by atoms with Gasteiger partial charge in [-0.15, -0.1) is 12.6 Å². The second-order valence-electron chi connectivity index (χ2n) is 2.62. The smallest absolute Gasteiger partial charge is 0.234 e. The van der Waals surface area contributed by atoms with E-state index in [-0.39, 0.29) is 0 Å². The van der Waals surface area contributed by atoms with Gasteiger partial charge in [0.05, 0.1) is 6.54 Å². The number of hydrogen-bond acceptors (Lipinski definition) is 3. The molecule has 0 fully saturated rings. The van der Waals surface area contributed by atoms with Crippen LogP contribution in [0.2, 0.25) is 0 Å². The van der Waals surface area contributed by atoms with E-state index in [0.717, 1.165) is 32.2 Å². The first kappa shape index (κ1) is 12.6. The predicted molar refractivity (Wildman–Crippen MR) is 61.0 cm³/mol. The molecule has 0 aromatic carbocycles. The van der Waals surface area contributed by atoms with Crippen molar-refractivity contribution in [2.75, 3.05) is 13.1 Å². The Labute approximate surface area is 89.4 Å². The van der Waals surface area contributed by atoms with Crippen LogP contribution in [-0.4, -0.2) is 23.5 Å². The van der Waals surface area contributed by atoms with Crippen LogP contribution in [0.4, 0.5) is 0 Å². The van der Waals surface area contributed by atoms with Gasteiger partial charge in [0.2, 0.25) is 6.08 Å². The van der Waals surface area contributed by atoms with E-state index in [1.54, 1.807) is 0 Å². The third-order valence-electron chi connectivity index (χ3n) is 1.54. The maximum atomic E-state index is 9.69. The average Bonchev–Trinajstić information content (AvgIpc) is 2.09. The van der Waals surface area contributed by atoms with Crippen molar-refractivity contribution < 1.29 is 4.79 Å². The monoisotopic (exact) mass is 218 g/mol. The molecular weight excluding hydrogens is 204 g/mol. The van der Waals surface area contributed by atoms with Crippen LogP contribution in [-0.2, 0) is 4.79 Å². The van der Waals surface area contributed by atoms with Crippen LogP contribution < -0.4 is 5.32 Å². The zero-order valence-corrected chi connectivity index (χ0v) is 9.16. The Balaban J connectivity index is 2.99. The van der Waals surface area contributed by atoms with Crippen LogP contribution in [0, 0.1) is 0 Å². The molecule has 0 atom stereocenters. The normalized spacial score (nSPS) is 9.00. The quantitative estimate of drug-likeness (QED) is 0.225. The molecule has 0 bridgehead atoms. The first-order valence-electron chi connectivity index (χ1n) is 4.28. The van der Waals surface area contributed by atoms with Crippen molar-refractivity contribution in [2.24, 2.45) is 4.99 Å². The summed E-state index contributed by atoms with van der Waals surface area (Å²) in [5, 5.41) is 2.96. The summed E-state index contributed by atoms with van der Waals surface area (Å²) < 4.78 is 0.547. The van der Waals surface area contributed by atoms with Gasteiger partial charge < -0.3 is 5.32 Å². The Morgan fingerprint density at radius 2 is 2.08 bits per heavy atom. The minimum absolute atomic E-state index is 0.547. The molecule has 0 rings (SSSR count). The molecule has 1 N–H and O–H groups in total. The zero-order valence-electron chi connectivity index (χ0n) is 7.45. The molecule has 0 aromatic rings. The minimum atomic E-state index is 0.547. The fraction of sp³-hybridized carbons (Fsp3) is 0.750. The lowest BCUT2D eigenvalue weighted by Crippen LogP contribution is -2.17. The number of rotatable bonds is 7. The van der Waals surface area contributed by atoms with Crippen molar-refractivity contribution >= 4 is 35.2 Å². The highest BCUT2D eigenvalue weighted by Crippen LogP contribution is 1.98. The van der Waals surface area contributed by atoms with E-state index >= 15 is 0 Å². The van der Waals surface area contributed by atoms with E-state index in [0.29, 0.717) is 10.9 Å². The molecule has 0 aliphatic rings.